The summed E-state index contributed by atoms with van der Waals surface area (Å²) in [5, 5.41) is 4.89. The van der Waals surface area contributed by atoms with E-state index < -0.39 is 0 Å². The third-order valence-electron chi connectivity index (χ3n) is 3.10. The van der Waals surface area contributed by atoms with Gasteiger partial charge >= 0.3 is 0 Å². The van der Waals surface area contributed by atoms with Crippen LogP contribution in [0.2, 0.25) is 5.15 Å². The first-order valence-electron chi connectivity index (χ1n) is 6.19. The fraction of sp³-hybridized carbons (Fsp3) is 0.750. The number of halogens is 1. The Bertz CT molecular complexity index is 359. The van der Waals surface area contributed by atoms with Gasteiger partial charge < -0.3 is 9.64 Å². The lowest BCUT2D eigenvalue weighted by Gasteiger charge is -2.12. The molecule has 1 aliphatic carbocycles. The molecule has 0 saturated heterocycles. The van der Waals surface area contributed by atoms with Crippen LogP contribution in [0.25, 0.3) is 0 Å². The molecule has 0 unspecified atom stereocenters. The highest BCUT2D eigenvalue weighted by Gasteiger charge is 2.19. The first-order valence-corrected chi connectivity index (χ1v) is 6.57. The van der Waals surface area contributed by atoms with Crippen molar-refractivity contribution in [3.8, 4) is 5.75 Å². The summed E-state index contributed by atoms with van der Waals surface area (Å²) >= 11 is 6.24. The van der Waals surface area contributed by atoms with Crippen LogP contribution >= 0.6 is 11.6 Å². The predicted molar refractivity (Wildman–Crippen MR) is 68.7 cm³/mol. The molecule has 17 heavy (non-hydrogen) atoms. The van der Waals surface area contributed by atoms with E-state index in [1.165, 1.54) is 12.8 Å². The van der Waals surface area contributed by atoms with Gasteiger partial charge in [0.25, 0.3) is 0 Å². The molecule has 0 amide bonds. The van der Waals surface area contributed by atoms with Crippen LogP contribution in [0.5, 0.6) is 5.75 Å². The molecule has 96 valence electrons. The second-order valence-corrected chi connectivity index (χ2v) is 5.21. The van der Waals surface area contributed by atoms with Gasteiger partial charge in [-0.05, 0) is 39.8 Å². The fourth-order valence-corrected chi connectivity index (χ4v) is 2.29. The molecule has 4 nitrogen and oxygen atoms in total. The normalized spacial score (nSPS) is 16.9. The zero-order valence-corrected chi connectivity index (χ0v) is 11.3. The van der Waals surface area contributed by atoms with E-state index in [0.717, 1.165) is 31.7 Å². The quantitative estimate of drug-likeness (QED) is 0.812. The maximum atomic E-state index is 6.24. The van der Waals surface area contributed by atoms with Crippen LogP contribution in [0.15, 0.2) is 6.20 Å². The molecular weight excluding hydrogens is 238 g/mol. The van der Waals surface area contributed by atoms with Crippen molar-refractivity contribution in [1.29, 1.82) is 0 Å². The second-order valence-electron chi connectivity index (χ2n) is 4.85. The van der Waals surface area contributed by atoms with Crippen molar-refractivity contribution in [2.45, 2.75) is 38.3 Å². The van der Waals surface area contributed by atoms with Gasteiger partial charge in [0.1, 0.15) is 0 Å². The maximum absolute atomic E-state index is 6.24. The van der Waals surface area contributed by atoms with Gasteiger partial charge in [-0.15, -0.1) is 0 Å². The minimum Gasteiger partial charge on any atom is -0.486 e. The van der Waals surface area contributed by atoms with E-state index in [0.29, 0.717) is 11.3 Å². The molecule has 1 heterocycles. The zero-order chi connectivity index (χ0) is 12.3. The average molecular weight is 258 g/mol. The first kappa shape index (κ1) is 12.7. The number of hydrogen-bond acceptors (Lipinski definition) is 3. The second kappa shape index (κ2) is 5.74. The van der Waals surface area contributed by atoms with Gasteiger partial charge in [-0.1, -0.05) is 11.6 Å². The summed E-state index contributed by atoms with van der Waals surface area (Å²) in [6, 6.07) is 0. The molecule has 0 atom stereocenters. The van der Waals surface area contributed by atoms with Gasteiger partial charge in [0.15, 0.2) is 10.9 Å². The van der Waals surface area contributed by atoms with Crippen molar-refractivity contribution in [2.75, 3.05) is 20.6 Å². The Morgan fingerprint density at radius 3 is 2.82 bits per heavy atom. The monoisotopic (exact) mass is 257 g/mol. The van der Waals surface area contributed by atoms with E-state index >= 15 is 0 Å². The molecule has 0 bridgehead atoms. The van der Waals surface area contributed by atoms with Crippen LogP contribution < -0.4 is 4.74 Å². The molecule has 1 aromatic heterocycles. The summed E-state index contributed by atoms with van der Waals surface area (Å²) in [6.45, 7) is 1.71. The summed E-state index contributed by atoms with van der Waals surface area (Å²) < 4.78 is 7.66. The van der Waals surface area contributed by atoms with Crippen LogP contribution in [-0.2, 0) is 6.54 Å². The largest absolute Gasteiger partial charge is 0.486 e. The average Bonchev–Trinajstić information content (AvgIpc) is 2.89. The van der Waals surface area contributed by atoms with Crippen LogP contribution in [0, 0.1) is 0 Å². The molecule has 0 radical (unpaired) electrons. The molecule has 1 aromatic rings. The fourth-order valence-electron chi connectivity index (χ4n) is 2.07. The Labute approximate surface area is 107 Å². The summed E-state index contributed by atoms with van der Waals surface area (Å²) in [6.07, 6.45) is 6.86. The lowest BCUT2D eigenvalue weighted by Crippen LogP contribution is -2.19. The van der Waals surface area contributed by atoms with Crippen molar-refractivity contribution in [3.63, 3.8) is 0 Å². The number of aromatic nitrogens is 2. The van der Waals surface area contributed by atoms with Gasteiger partial charge in [-0.25, -0.2) is 4.68 Å². The van der Waals surface area contributed by atoms with Gasteiger partial charge in [0.05, 0.1) is 18.8 Å². The summed E-state index contributed by atoms with van der Waals surface area (Å²) in [7, 11) is 4.07. The van der Waals surface area contributed by atoms with Crippen LogP contribution in [-0.4, -0.2) is 41.4 Å². The molecule has 0 N–H and O–H groups in total. The number of ether oxygens (including phenoxy) is 1. The third-order valence-corrected chi connectivity index (χ3v) is 3.48. The van der Waals surface area contributed by atoms with Crippen molar-refractivity contribution >= 4 is 11.6 Å². The molecule has 1 fully saturated rings. The number of hydrogen-bond donors (Lipinski definition) is 0. The standard InChI is InChI=1S/C12H20ClN3O/c1-15(2)7-8-16-12(13)11(9-14-16)17-10-5-3-4-6-10/h9-10H,3-8H2,1-2H3. The van der Waals surface area contributed by atoms with Gasteiger partial charge in [-0.2, -0.15) is 5.10 Å². The maximum Gasteiger partial charge on any atom is 0.176 e. The number of likely N-dealkylation sites (N-methyl/N-ethyl adjacent to an activating group) is 1. The molecule has 2 rings (SSSR count). The van der Waals surface area contributed by atoms with Crippen molar-refractivity contribution in [1.82, 2.24) is 14.7 Å². The smallest absolute Gasteiger partial charge is 0.176 e. The van der Waals surface area contributed by atoms with Gasteiger partial charge in [-0.3, -0.25) is 0 Å². The SMILES string of the molecule is CN(C)CCn1ncc(OC2CCCC2)c1Cl. The van der Waals surface area contributed by atoms with E-state index in [4.69, 9.17) is 16.3 Å². The molecule has 1 aliphatic rings. The number of rotatable bonds is 5. The molecule has 1 saturated carbocycles. The van der Waals surface area contributed by atoms with E-state index in [2.05, 4.69) is 10.00 Å². The Morgan fingerprint density at radius 2 is 2.18 bits per heavy atom. The highest BCUT2D eigenvalue weighted by Crippen LogP contribution is 2.29. The Balaban J connectivity index is 1.94. The predicted octanol–water partition coefficient (Wildman–Crippen LogP) is 2.42. The molecular formula is C12H20ClN3O. The lowest BCUT2D eigenvalue weighted by atomic mass is 10.3. The van der Waals surface area contributed by atoms with Crippen LogP contribution in [0.4, 0.5) is 0 Å². The van der Waals surface area contributed by atoms with Crippen molar-refractivity contribution < 1.29 is 4.74 Å². The lowest BCUT2D eigenvalue weighted by molar-refractivity contribution is 0.210. The van der Waals surface area contributed by atoms with E-state index in [-0.39, 0.29) is 0 Å². The summed E-state index contributed by atoms with van der Waals surface area (Å²) in [5.41, 5.74) is 0. The zero-order valence-electron chi connectivity index (χ0n) is 10.5. The minimum atomic E-state index is 0.332. The Morgan fingerprint density at radius 1 is 1.47 bits per heavy atom. The molecule has 0 aliphatic heterocycles. The Hall–Kier alpha value is -0.740. The van der Waals surface area contributed by atoms with Crippen LogP contribution in [0.1, 0.15) is 25.7 Å². The van der Waals surface area contributed by atoms with E-state index in [1.807, 2.05) is 14.1 Å². The topological polar surface area (TPSA) is 30.3 Å². The van der Waals surface area contributed by atoms with Crippen molar-refractivity contribution in [3.05, 3.63) is 11.3 Å². The molecule has 0 aromatic carbocycles. The summed E-state index contributed by atoms with van der Waals surface area (Å²) in [4.78, 5) is 2.11. The number of nitrogens with zero attached hydrogens (tertiary/aromatic N) is 3. The molecule has 5 heteroatoms. The third kappa shape index (κ3) is 3.36. The van der Waals surface area contributed by atoms with Gasteiger partial charge in [0.2, 0.25) is 0 Å². The van der Waals surface area contributed by atoms with Crippen molar-refractivity contribution in [2.24, 2.45) is 0 Å². The summed E-state index contributed by atoms with van der Waals surface area (Å²) in [5.74, 6) is 0.734. The van der Waals surface area contributed by atoms with E-state index in [9.17, 15) is 0 Å². The highest BCUT2D eigenvalue weighted by atomic mass is 35.5. The first-order chi connectivity index (χ1) is 8.16. The Kier molecular flexibility index (Phi) is 4.29. The van der Waals surface area contributed by atoms with Gasteiger partial charge in [0, 0.05) is 6.54 Å². The van der Waals surface area contributed by atoms with Crippen LogP contribution in [0.3, 0.4) is 0 Å². The molecule has 0 spiro atoms. The minimum absolute atomic E-state index is 0.332. The highest BCUT2D eigenvalue weighted by molar-refractivity contribution is 6.31. The van der Waals surface area contributed by atoms with E-state index in [1.54, 1.807) is 10.9 Å².